The molecule has 3 N–H and O–H groups in total. The van der Waals surface area contributed by atoms with Crippen molar-refractivity contribution in [3.8, 4) is 0 Å². The number of fused-ring (bicyclic) bond motifs is 1. The lowest BCUT2D eigenvalue weighted by molar-refractivity contribution is -0.131. The Hall–Kier alpha value is -3.36. The molecule has 0 saturated carbocycles. The Morgan fingerprint density at radius 1 is 1.10 bits per heavy atom. The Morgan fingerprint density at radius 3 is 2.38 bits per heavy atom. The Bertz CT molecular complexity index is 947. The summed E-state index contributed by atoms with van der Waals surface area (Å²) in [5.41, 5.74) is 0.683. The number of hydrogen-bond acceptors (Lipinski definition) is 3. The summed E-state index contributed by atoms with van der Waals surface area (Å²) in [5.74, 6) is -3.73. The summed E-state index contributed by atoms with van der Waals surface area (Å²) >= 11 is 0. The molecule has 0 saturated heterocycles. The summed E-state index contributed by atoms with van der Waals surface area (Å²) in [6.45, 7) is 1.41. The zero-order chi connectivity index (χ0) is 21.1. The van der Waals surface area contributed by atoms with Crippen molar-refractivity contribution in [2.75, 3.05) is 0 Å². The van der Waals surface area contributed by atoms with E-state index in [0.717, 1.165) is 12.1 Å². The minimum atomic E-state index is -1.83. The van der Waals surface area contributed by atoms with Gasteiger partial charge in [-0.3, -0.25) is 14.4 Å². The predicted octanol–water partition coefficient (Wildman–Crippen LogP) is 1.97. The van der Waals surface area contributed by atoms with Gasteiger partial charge in [0, 0.05) is 17.2 Å². The number of carbonyl (C=O) groups excluding carboxylic acids is 3. The van der Waals surface area contributed by atoms with Crippen molar-refractivity contribution in [1.82, 2.24) is 16.0 Å². The van der Waals surface area contributed by atoms with E-state index in [0.29, 0.717) is 11.6 Å². The second-order valence-corrected chi connectivity index (χ2v) is 6.69. The molecule has 1 aliphatic rings. The summed E-state index contributed by atoms with van der Waals surface area (Å²) in [6, 6.07) is 8.00. The molecule has 3 rings (SSSR count). The molecular formula is C20H18F3N3O3. The van der Waals surface area contributed by atoms with Crippen LogP contribution in [0, 0.1) is 11.6 Å². The van der Waals surface area contributed by atoms with Gasteiger partial charge in [0.2, 0.25) is 18.0 Å². The van der Waals surface area contributed by atoms with Crippen LogP contribution in [0.2, 0.25) is 0 Å². The van der Waals surface area contributed by atoms with E-state index >= 15 is 0 Å². The van der Waals surface area contributed by atoms with Crippen LogP contribution in [0.1, 0.15) is 36.0 Å². The summed E-state index contributed by atoms with van der Waals surface area (Å²) in [4.78, 5) is 36.3. The molecule has 9 heteroatoms. The highest BCUT2D eigenvalue weighted by Gasteiger charge is 2.34. The van der Waals surface area contributed by atoms with Gasteiger partial charge in [-0.15, -0.1) is 0 Å². The highest BCUT2D eigenvalue weighted by atomic mass is 19.1. The first-order valence-corrected chi connectivity index (χ1v) is 8.82. The molecule has 2 aromatic carbocycles. The van der Waals surface area contributed by atoms with Gasteiger partial charge in [0.1, 0.15) is 23.8 Å². The van der Waals surface area contributed by atoms with Crippen LogP contribution >= 0.6 is 0 Å². The second kappa shape index (κ2) is 8.34. The number of alkyl halides is 1. The molecule has 2 aromatic rings. The highest BCUT2D eigenvalue weighted by Crippen LogP contribution is 2.30. The monoisotopic (exact) mass is 405 g/mol. The van der Waals surface area contributed by atoms with Gasteiger partial charge in [-0.05, 0) is 24.6 Å². The Labute approximate surface area is 164 Å². The molecule has 2 unspecified atom stereocenters. The van der Waals surface area contributed by atoms with E-state index in [2.05, 4.69) is 16.0 Å². The minimum absolute atomic E-state index is 0.120. The first kappa shape index (κ1) is 20.4. The molecule has 0 aromatic heterocycles. The molecule has 1 heterocycles. The van der Waals surface area contributed by atoms with Gasteiger partial charge in [0.15, 0.2) is 0 Å². The average molecular weight is 405 g/mol. The van der Waals surface area contributed by atoms with Crippen LogP contribution in [0.25, 0.3) is 0 Å². The number of rotatable bonds is 5. The van der Waals surface area contributed by atoms with Crippen LogP contribution in [0.4, 0.5) is 13.2 Å². The first-order chi connectivity index (χ1) is 13.7. The number of benzene rings is 2. The maximum Gasteiger partial charge on any atom is 0.261 e. The fraction of sp³-hybridized carbons (Fsp3) is 0.250. The molecule has 0 radical (unpaired) electrons. The first-order valence-electron chi connectivity index (χ1n) is 8.82. The summed E-state index contributed by atoms with van der Waals surface area (Å²) in [7, 11) is 0. The highest BCUT2D eigenvalue weighted by molar-refractivity contribution is 5.90. The van der Waals surface area contributed by atoms with E-state index in [1.807, 2.05) is 0 Å². The van der Waals surface area contributed by atoms with Gasteiger partial charge < -0.3 is 16.0 Å². The van der Waals surface area contributed by atoms with E-state index in [1.165, 1.54) is 13.0 Å². The fourth-order valence-electron chi connectivity index (χ4n) is 3.08. The Morgan fingerprint density at radius 2 is 1.72 bits per heavy atom. The van der Waals surface area contributed by atoms with Gasteiger partial charge in [-0.1, -0.05) is 24.3 Å². The molecule has 1 aliphatic heterocycles. The van der Waals surface area contributed by atoms with Crippen molar-refractivity contribution in [2.24, 2.45) is 0 Å². The summed E-state index contributed by atoms with van der Waals surface area (Å²) < 4.78 is 40.5. The average Bonchev–Trinajstić information content (AvgIpc) is 2.64. The number of amides is 3. The molecule has 0 spiro atoms. The van der Waals surface area contributed by atoms with Crippen LogP contribution < -0.4 is 16.0 Å². The Balaban J connectivity index is 1.62. The van der Waals surface area contributed by atoms with E-state index in [9.17, 15) is 27.6 Å². The maximum absolute atomic E-state index is 14.0. The van der Waals surface area contributed by atoms with Gasteiger partial charge in [-0.25, -0.2) is 13.2 Å². The number of halogens is 3. The van der Waals surface area contributed by atoms with Crippen molar-refractivity contribution in [3.05, 3.63) is 70.8 Å². The van der Waals surface area contributed by atoms with Crippen molar-refractivity contribution >= 4 is 17.7 Å². The number of nitrogens with one attached hydrogen (secondary N) is 3. The third-order valence-corrected chi connectivity index (χ3v) is 4.44. The van der Waals surface area contributed by atoms with E-state index < -0.39 is 47.7 Å². The second-order valence-electron chi connectivity index (χ2n) is 6.69. The predicted molar refractivity (Wildman–Crippen MR) is 97.0 cm³/mol. The third kappa shape index (κ3) is 4.74. The lowest BCUT2D eigenvalue weighted by Gasteiger charge is -2.30. The number of carbonyl (C=O) groups is 3. The van der Waals surface area contributed by atoms with E-state index in [-0.39, 0.29) is 17.5 Å². The van der Waals surface area contributed by atoms with Gasteiger partial charge in [-0.2, -0.15) is 0 Å². The molecule has 3 amide bonds. The maximum atomic E-state index is 14.0. The van der Waals surface area contributed by atoms with Crippen molar-refractivity contribution in [1.29, 1.82) is 0 Å². The number of hydrogen-bond donors (Lipinski definition) is 3. The summed E-state index contributed by atoms with van der Waals surface area (Å²) in [6.07, 6.45) is -3.10. The quantitative estimate of drug-likeness (QED) is 0.711. The van der Waals surface area contributed by atoms with Crippen LogP contribution in [-0.4, -0.2) is 23.8 Å². The smallest absolute Gasteiger partial charge is 0.261 e. The minimum Gasteiger partial charge on any atom is -0.344 e. The lowest BCUT2D eigenvalue weighted by Crippen LogP contribution is -2.51. The third-order valence-electron chi connectivity index (χ3n) is 4.44. The molecule has 3 atom stereocenters. The molecule has 152 valence electrons. The van der Waals surface area contributed by atoms with Gasteiger partial charge >= 0.3 is 0 Å². The zero-order valence-corrected chi connectivity index (χ0v) is 15.3. The zero-order valence-electron chi connectivity index (χ0n) is 15.3. The molecule has 0 fully saturated rings. The lowest BCUT2D eigenvalue weighted by atomic mass is 9.96. The standard InChI is InChI=1S/C20H18F3N3O3/c1-10(24-16(27)8-11-6-12(21)9-13(22)7-11)19(28)25-18-15-5-3-2-4-14(15)17(23)20(29)26-18/h2-7,9-10,17-18H,8H2,1H3,(H,24,27)(H,25,28)(H,26,29)/t10-,17?,18?/m0/s1. The van der Waals surface area contributed by atoms with Gasteiger partial charge in [0.05, 0.1) is 6.42 Å². The topological polar surface area (TPSA) is 87.3 Å². The van der Waals surface area contributed by atoms with Crippen LogP contribution in [0.3, 0.4) is 0 Å². The van der Waals surface area contributed by atoms with Crippen molar-refractivity contribution in [2.45, 2.75) is 31.7 Å². The van der Waals surface area contributed by atoms with Crippen LogP contribution in [0.5, 0.6) is 0 Å². The van der Waals surface area contributed by atoms with Crippen molar-refractivity contribution < 1.29 is 27.6 Å². The van der Waals surface area contributed by atoms with E-state index in [1.54, 1.807) is 18.2 Å². The fourth-order valence-corrected chi connectivity index (χ4v) is 3.08. The van der Waals surface area contributed by atoms with Gasteiger partial charge in [0.25, 0.3) is 5.91 Å². The molecule has 29 heavy (non-hydrogen) atoms. The summed E-state index contributed by atoms with van der Waals surface area (Å²) in [5, 5.41) is 7.33. The SMILES string of the molecule is C[C@H](NC(=O)Cc1cc(F)cc(F)c1)C(=O)NC1NC(=O)C(F)c2ccccc21. The van der Waals surface area contributed by atoms with Crippen molar-refractivity contribution in [3.63, 3.8) is 0 Å². The largest absolute Gasteiger partial charge is 0.344 e. The van der Waals surface area contributed by atoms with Crippen LogP contribution in [0.15, 0.2) is 42.5 Å². The van der Waals surface area contributed by atoms with Crippen LogP contribution in [-0.2, 0) is 20.8 Å². The molecular weight excluding hydrogens is 387 g/mol. The molecule has 0 bridgehead atoms. The Kier molecular flexibility index (Phi) is 5.86. The van der Waals surface area contributed by atoms with E-state index in [4.69, 9.17) is 0 Å². The normalized spacial score (nSPS) is 19.0. The molecule has 0 aliphatic carbocycles. The molecule has 6 nitrogen and oxygen atoms in total.